The van der Waals surface area contributed by atoms with Crippen LogP contribution in [0.15, 0.2) is 90.1 Å². The Balaban J connectivity index is 1.16. The zero-order chi connectivity index (χ0) is 29.7. The molecule has 1 unspecified atom stereocenters. The molecule has 2 heterocycles. The molecule has 1 atom stereocenters. The van der Waals surface area contributed by atoms with E-state index in [1.807, 2.05) is 54.3 Å². The second-order valence-corrected chi connectivity index (χ2v) is 11.3. The summed E-state index contributed by atoms with van der Waals surface area (Å²) in [5.74, 6) is 1.13. The van der Waals surface area contributed by atoms with Gasteiger partial charge in [0.25, 0.3) is 5.91 Å². The number of thioether (sulfide) groups is 1. The van der Waals surface area contributed by atoms with Gasteiger partial charge in [0, 0.05) is 49.2 Å². The molecule has 5 rings (SSSR count). The first-order valence-electron chi connectivity index (χ1n) is 13.4. The van der Waals surface area contributed by atoms with Gasteiger partial charge < -0.3 is 15.1 Å². The summed E-state index contributed by atoms with van der Waals surface area (Å²) in [5, 5.41) is 3.87. The largest absolute Gasteiger partial charge is 0.416 e. The first-order chi connectivity index (χ1) is 20.2. The van der Waals surface area contributed by atoms with Crippen molar-refractivity contribution < 1.29 is 18.0 Å². The van der Waals surface area contributed by atoms with Gasteiger partial charge in [0.05, 0.1) is 11.6 Å². The zero-order valence-electron chi connectivity index (χ0n) is 22.8. The van der Waals surface area contributed by atoms with Crippen molar-refractivity contribution in [3.8, 4) is 0 Å². The number of carbonyl (C=O) groups excluding carboxylic acids is 1. The van der Waals surface area contributed by atoms with Crippen molar-refractivity contribution in [2.75, 3.05) is 36.0 Å². The molecule has 42 heavy (non-hydrogen) atoms. The summed E-state index contributed by atoms with van der Waals surface area (Å²) < 4.78 is 39.4. The highest BCUT2D eigenvalue weighted by molar-refractivity contribution is 7.98. The lowest BCUT2D eigenvalue weighted by Crippen LogP contribution is -2.47. The van der Waals surface area contributed by atoms with Crippen molar-refractivity contribution in [2.24, 2.45) is 0 Å². The maximum atomic E-state index is 13.1. The number of anilines is 2. The van der Waals surface area contributed by atoms with Crippen molar-refractivity contribution in [3.63, 3.8) is 0 Å². The topological polar surface area (TPSA) is 61.4 Å². The van der Waals surface area contributed by atoms with Crippen LogP contribution in [-0.4, -0.2) is 42.1 Å². The number of benzene rings is 3. The number of carbonyl (C=O) groups is 1. The quantitative estimate of drug-likeness (QED) is 0.129. The molecule has 6 nitrogen and oxygen atoms in total. The van der Waals surface area contributed by atoms with E-state index in [4.69, 9.17) is 11.6 Å². The van der Waals surface area contributed by atoms with E-state index in [2.05, 4.69) is 20.2 Å². The predicted molar refractivity (Wildman–Crippen MR) is 161 cm³/mol. The first kappa shape index (κ1) is 29.7. The number of hydrogen-bond acceptors (Lipinski definition) is 6. The number of nitrogens with zero attached hydrogens (tertiary/aromatic N) is 4. The molecule has 1 aliphatic rings. The van der Waals surface area contributed by atoms with Gasteiger partial charge in [-0.25, -0.2) is 9.97 Å². The third kappa shape index (κ3) is 7.54. The average Bonchev–Trinajstić information content (AvgIpc) is 3.00. The molecule has 0 aliphatic carbocycles. The Morgan fingerprint density at radius 1 is 0.929 bits per heavy atom. The molecule has 1 N–H and O–H groups in total. The summed E-state index contributed by atoms with van der Waals surface area (Å²) in [4.78, 5) is 25.7. The van der Waals surface area contributed by atoms with E-state index in [9.17, 15) is 18.0 Å². The lowest BCUT2D eigenvalue weighted by molar-refractivity contribution is -0.137. The molecule has 0 radical (unpaired) electrons. The Bertz CT molecular complexity index is 1510. The molecule has 218 valence electrons. The molecule has 4 aromatic rings. The van der Waals surface area contributed by atoms with Crippen LogP contribution in [0.1, 0.15) is 40.0 Å². The SMILES string of the molecule is CC(NC(=O)c1ccc(CSc2nc(Cl)cc(N3CCN(c4cccc(C(F)(F)F)c4)CC3)n2)cc1)c1ccccc1. The second-order valence-electron chi connectivity index (χ2n) is 9.95. The van der Waals surface area contributed by atoms with Gasteiger partial charge in [0.15, 0.2) is 5.16 Å². The van der Waals surface area contributed by atoms with E-state index in [-0.39, 0.29) is 11.9 Å². The lowest BCUT2D eigenvalue weighted by atomic mass is 10.1. The fourth-order valence-electron chi connectivity index (χ4n) is 4.69. The molecule has 0 spiro atoms. The highest BCUT2D eigenvalue weighted by atomic mass is 35.5. The molecule has 1 aliphatic heterocycles. The lowest BCUT2D eigenvalue weighted by Gasteiger charge is -2.37. The average molecular weight is 612 g/mol. The summed E-state index contributed by atoms with van der Waals surface area (Å²) in [5.41, 5.74) is 2.53. The molecular weight excluding hydrogens is 583 g/mol. The number of alkyl halides is 3. The minimum atomic E-state index is -4.37. The molecule has 1 aromatic heterocycles. The number of amides is 1. The first-order valence-corrected chi connectivity index (χ1v) is 14.8. The number of piperazine rings is 1. The highest BCUT2D eigenvalue weighted by Crippen LogP contribution is 2.32. The molecule has 0 bridgehead atoms. The van der Waals surface area contributed by atoms with Crippen molar-refractivity contribution in [3.05, 3.63) is 112 Å². The zero-order valence-corrected chi connectivity index (χ0v) is 24.4. The third-order valence-electron chi connectivity index (χ3n) is 7.03. The van der Waals surface area contributed by atoms with Crippen LogP contribution in [0.25, 0.3) is 0 Å². The highest BCUT2D eigenvalue weighted by Gasteiger charge is 2.31. The van der Waals surface area contributed by atoms with Crippen molar-refractivity contribution in [2.45, 2.75) is 30.1 Å². The van der Waals surface area contributed by atoms with Crippen molar-refractivity contribution in [1.29, 1.82) is 0 Å². The molecule has 3 aromatic carbocycles. The molecule has 1 amide bonds. The van der Waals surface area contributed by atoms with Crippen molar-refractivity contribution in [1.82, 2.24) is 15.3 Å². The van der Waals surface area contributed by atoms with Gasteiger partial charge in [0.1, 0.15) is 11.0 Å². The van der Waals surface area contributed by atoms with E-state index in [1.165, 1.54) is 23.9 Å². The summed E-state index contributed by atoms with van der Waals surface area (Å²) in [6.07, 6.45) is -4.37. The molecular formula is C31H29ClF3N5OS. The summed E-state index contributed by atoms with van der Waals surface area (Å²) in [6, 6.07) is 24.2. The normalized spacial score (nSPS) is 14.5. The van der Waals surface area contributed by atoms with Crippen LogP contribution < -0.4 is 15.1 Å². The van der Waals surface area contributed by atoms with Crippen molar-refractivity contribution >= 4 is 40.8 Å². The Morgan fingerprint density at radius 3 is 2.31 bits per heavy atom. The van der Waals surface area contributed by atoms with E-state index in [1.54, 1.807) is 24.3 Å². The summed E-state index contributed by atoms with van der Waals surface area (Å²) in [7, 11) is 0. The Kier molecular flexibility index (Phi) is 9.23. The van der Waals surface area contributed by atoms with Crippen LogP contribution in [0, 0.1) is 0 Å². The van der Waals surface area contributed by atoms with Crippen LogP contribution in [0.2, 0.25) is 5.15 Å². The maximum absolute atomic E-state index is 13.1. The summed E-state index contributed by atoms with van der Waals surface area (Å²) >= 11 is 7.76. The minimum absolute atomic E-state index is 0.105. The Labute approximate surface area is 251 Å². The number of nitrogens with one attached hydrogen (secondary N) is 1. The van der Waals surface area contributed by atoms with Gasteiger partial charge in [-0.05, 0) is 48.4 Å². The van der Waals surface area contributed by atoms with Crippen LogP contribution in [0.3, 0.4) is 0 Å². The van der Waals surface area contributed by atoms with Gasteiger partial charge in [-0.1, -0.05) is 71.9 Å². The van der Waals surface area contributed by atoms with Gasteiger partial charge in [-0.2, -0.15) is 13.2 Å². The molecule has 1 fully saturated rings. The molecule has 0 saturated carbocycles. The second kappa shape index (κ2) is 13.0. The predicted octanol–water partition coefficient (Wildman–Crippen LogP) is 7.26. The van der Waals surface area contributed by atoms with Gasteiger partial charge in [-0.15, -0.1) is 0 Å². The number of halogens is 4. The fraction of sp³-hybridized carbons (Fsp3) is 0.258. The van der Waals surface area contributed by atoms with Gasteiger partial charge in [0.2, 0.25) is 0 Å². The Morgan fingerprint density at radius 2 is 1.62 bits per heavy atom. The van der Waals surface area contributed by atoms with Gasteiger partial charge >= 0.3 is 6.18 Å². The van der Waals surface area contributed by atoms with E-state index in [0.29, 0.717) is 59.3 Å². The summed E-state index contributed by atoms with van der Waals surface area (Å²) in [6.45, 7) is 4.22. The van der Waals surface area contributed by atoms with Crippen LogP contribution in [0.4, 0.5) is 24.7 Å². The fourth-order valence-corrected chi connectivity index (χ4v) is 5.73. The third-order valence-corrected chi connectivity index (χ3v) is 8.15. The van der Waals surface area contributed by atoms with E-state index in [0.717, 1.165) is 17.2 Å². The maximum Gasteiger partial charge on any atom is 0.416 e. The number of hydrogen-bond donors (Lipinski definition) is 1. The van der Waals surface area contributed by atoms with Crippen LogP contribution >= 0.6 is 23.4 Å². The van der Waals surface area contributed by atoms with E-state index >= 15 is 0 Å². The monoisotopic (exact) mass is 611 g/mol. The van der Waals surface area contributed by atoms with E-state index < -0.39 is 11.7 Å². The Hall–Kier alpha value is -3.76. The number of rotatable bonds is 8. The minimum Gasteiger partial charge on any atom is -0.368 e. The number of aromatic nitrogens is 2. The van der Waals surface area contributed by atoms with Crippen LogP contribution in [-0.2, 0) is 11.9 Å². The standard InChI is InChI=1S/C31H29ClF3N5OS/c1-21(23-6-3-2-4-7-23)36-29(41)24-12-10-22(11-13-24)20-42-30-37-27(32)19-28(38-30)40-16-14-39(15-17-40)26-9-5-8-25(18-26)31(33,34)35/h2-13,18-19,21H,14-17,20H2,1H3,(H,36,41). The van der Waals surface area contributed by atoms with Crippen LogP contribution in [0.5, 0.6) is 0 Å². The molecule has 1 saturated heterocycles. The smallest absolute Gasteiger partial charge is 0.368 e. The molecule has 11 heteroatoms. The van der Waals surface area contributed by atoms with Gasteiger partial charge in [-0.3, -0.25) is 4.79 Å².